The van der Waals surface area contributed by atoms with Crippen LogP contribution in [0.4, 0.5) is 0 Å². The molecule has 0 aliphatic heterocycles. The fourth-order valence-electron chi connectivity index (χ4n) is 1.87. The Hall–Kier alpha value is -1.68. The summed E-state index contributed by atoms with van der Waals surface area (Å²) in [4.78, 5) is 1.79. The Balaban J connectivity index is 2.34. The van der Waals surface area contributed by atoms with Gasteiger partial charge >= 0.3 is 0 Å². The number of nitrogens with one attached hydrogen (secondary N) is 1. The Morgan fingerprint density at radius 1 is 1.10 bits per heavy atom. The van der Waals surface area contributed by atoms with E-state index in [4.69, 9.17) is 0 Å². The molecule has 0 spiro atoms. The van der Waals surface area contributed by atoms with Crippen molar-refractivity contribution in [2.75, 3.05) is 0 Å². The number of nitrogens with zero attached hydrogens (tertiary/aromatic N) is 3. The number of hydrogen-bond acceptors (Lipinski definition) is 3. The van der Waals surface area contributed by atoms with Gasteiger partial charge in [-0.15, -0.1) is 0 Å². The summed E-state index contributed by atoms with van der Waals surface area (Å²) in [5, 5.41) is 12.8. The van der Waals surface area contributed by atoms with Crippen molar-refractivity contribution in [2.24, 2.45) is 0 Å². The smallest absolute Gasteiger partial charge is 0.117 e. The zero-order chi connectivity index (χ0) is 14.8. The molecule has 0 saturated carbocycles. The Morgan fingerprint density at radius 2 is 1.75 bits per heavy atom. The molecular weight excluding hydrogens is 248 g/mol. The lowest BCUT2D eigenvalue weighted by Crippen LogP contribution is -2.35. The predicted octanol–water partition coefficient (Wildman–Crippen LogP) is 3.41. The van der Waals surface area contributed by atoms with Crippen LogP contribution in [0.1, 0.15) is 46.4 Å². The van der Waals surface area contributed by atoms with Crippen molar-refractivity contribution in [3.8, 4) is 11.3 Å². The van der Waals surface area contributed by atoms with Gasteiger partial charge in [-0.2, -0.15) is 15.0 Å². The first-order valence-corrected chi connectivity index (χ1v) is 7.13. The summed E-state index contributed by atoms with van der Waals surface area (Å²) in [5.41, 5.74) is 3.15. The quantitative estimate of drug-likeness (QED) is 0.927. The summed E-state index contributed by atoms with van der Waals surface area (Å²) in [5.74, 6) is 0. The number of benzene rings is 1. The van der Waals surface area contributed by atoms with Crippen molar-refractivity contribution < 1.29 is 0 Å². The van der Waals surface area contributed by atoms with E-state index in [2.05, 4.69) is 62.3 Å². The highest BCUT2D eigenvalue weighted by molar-refractivity contribution is 5.60. The zero-order valence-electron chi connectivity index (χ0n) is 13.0. The molecule has 0 bridgehead atoms. The zero-order valence-corrected chi connectivity index (χ0v) is 13.0. The van der Waals surface area contributed by atoms with Crippen LogP contribution in [0.2, 0.25) is 0 Å². The van der Waals surface area contributed by atoms with Crippen LogP contribution < -0.4 is 5.32 Å². The molecule has 4 nitrogen and oxygen atoms in total. The molecule has 1 aromatic carbocycles. The van der Waals surface area contributed by atoms with E-state index in [0.29, 0.717) is 0 Å². The molecule has 2 rings (SSSR count). The highest BCUT2D eigenvalue weighted by Crippen LogP contribution is 2.21. The molecule has 0 fully saturated rings. The molecule has 1 heterocycles. The normalized spacial score (nSPS) is 12.1. The Bertz CT molecular complexity index is 550. The van der Waals surface area contributed by atoms with E-state index in [0.717, 1.165) is 23.5 Å². The number of rotatable bonds is 4. The molecule has 0 radical (unpaired) electrons. The van der Waals surface area contributed by atoms with Crippen molar-refractivity contribution in [3.05, 3.63) is 36.0 Å². The first kappa shape index (κ1) is 14.7. The van der Waals surface area contributed by atoms with Crippen LogP contribution in [0, 0.1) is 0 Å². The summed E-state index contributed by atoms with van der Waals surface area (Å²) in [6, 6.07) is 10.5. The SMILES string of the molecule is CC(C)n1nc(CNC(C)(C)C)c(-c2ccccc2)n1. The lowest BCUT2D eigenvalue weighted by molar-refractivity contribution is 0.414. The van der Waals surface area contributed by atoms with Crippen molar-refractivity contribution in [1.29, 1.82) is 0 Å². The third kappa shape index (κ3) is 3.67. The minimum Gasteiger partial charge on any atom is -0.306 e. The Morgan fingerprint density at radius 3 is 2.30 bits per heavy atom. The molecule has 0 saturated heterocycles. The van der Waals surface area contributed by atoms with Gasteiger partial charge in [-0.25, -0.2) is 0 Å². The molecule has 0 aliphatic carbocycles. The third-order valence-corrected chi connectivity index (χ3v) is 2.99. The third-order valence-electron chi connectivity index (χ3n) is 2.99. The van der Waals surface area contributed by atoms with Gasteiger partial charge in [-0.1, -0.05) is 30.3 Å². The first-order chi connectivity index (χ1) is 9.37. The van der Waals surface area contributed by atoms with E-state index in [-0.39, 0.29) is 11.6 Å². The highest BCUT2D eigenvalue weighted by atomic mass is 15.5. The van der Waals surface area contributed by atoms with Gasteiger partial charge in [0.25, 0.3) is 0 Å². The van der Waals surface area contributed by atoms with E-state index in [1.165, 1.54) is 0 Å². The summed E-state index contributed by atoms with van der Waals surface area (Å²) in [6.45, 7) is 11.4. The largest absolute Gasteiger partial charge is 0.306 e. The lowest BCUT2D eigenvalue weighted by atomic mass is 10.1. The van der Waals surface area contributed by atoms with Crippen LogP contribution in [0.3, 0.4) is 0 Å². The van der Waals surface area contributed by atoms with Crippen LogP contribution in [0.5, 0.6) is 0 Å². The van der Waals surface area contributed by atoms with Crippen LogP contribution in [0.25, 0.3) is 11.3 Å². The number of aromatic nitrogens is 3. The molecule has 0 unspecified atom stereocenters. The van der Waals surface area contributed by atoms with Crippen LogP contribution in [-0.2, 0) is 6.54 Å². The molecule has 2 aromatic rings. The lowest BCUT2D eigenvalue weighted by Gasteiger charge is -2.19. The molecule has 0 atom stereocenters. The number of hydrogen-bond donors (Lipinski definition) is 1. The van der Waals surface area contributed by atoms with E-state index >= 15 is 0 Å². The molecule has 4 heteroatoms. The van der Waals surface area contributed by atoms with Gasteiger partial charge in [-0.3, -0.25) is 0 Å². The van der Waals surface area contributed by atoms with Gasteiger partial charge < -0.3 is 5.32 Å². The van der Waals surface area contributed by atoms with Crippen LogP contribution in [0.15, 0.2) is 30.3 Å². The van der Waals surface area contributed by atoms with Gasteiger partial charge in [0.2, 0.25) is 0 Å². The highest BCUT2D eigenvalue weighted by Gasteiger charge is 2.17. The van der Waals surface area contributed by atoms with E-state index in [1.807, 2.05) is 18.2 Å². The van der Waals surface area contributed by atoms with Crippen LogP contribution >= 0.6 is 0 Å². The Kier molecular flexibility index (Phi) is 4.23. The van der Waals surface area contributed by atoms with Crippen molar-refractivity contribution >= 4 is 0 Å². The second kappa shape index (κ2) is 5.75. The standard InChI is InChI=1S/C16H24N4/c1-12(2)20-18-14(11-17-16(3,4)5)15(19-20)13-9-7-6-8-10-13/h6-10,12,17H,11H2,1-5H3. The van der Waals surface area contributed by atoms with Gasteiger partial charge in [0, 0.05) is 17.6 Å². The molecule has 0 aliphatic rings. The van der Waals surface area contributed by atoms with Gasteiger partial charge in [0.05, 0.1) is 6.04 Å². The van der Waals surface area contributed by atoms with E-state index in [1.54, 1.807) is 4.80 Å². The molecule has 0 amide bonds. The topological polar surface area (TPSA) is 42.7 Å². The maximum atomic E-state index is 4.65. The van der Waals surface area contributed by atoms with Gasteiger partial charge in [0.15, 0.2) is 0 Å². The Labute approximate surface area is 121 Å². The van der Waals surface area contributed by atoms with Crippen molar-refractivity contribution in [1.82, 2.24) is 20.3 Å². The van der Waals surface area contributed by atoms with Gasteiger partial charge in [-0.05, 0) is 34.6 Å². The second-order valence-electron chi connectivity index (χ2n) is 6.38. The van der Waals surface area contributed by atoms with E-state index < -0.39 is 0 Å². The maximum Gasteiger partial charge on any atom is 0.117 e. The first-order valence-electron chi connectivity index (χ1n) is 7.13. The second-order valence-corrected chi connectivity index (χ2v) is 6.38. The minimum absolute atomic E-state index is 0.0650. The summed E-state index contributed by atoms with van der Waals surface area (Å²) >= 11 is 0. The summed E-state index contributed by atoms with van der Waals surface area (Å²) in [6.07, 6.45) is 0. The summed E-state index contributed by atoms with van der Waals surface area (Å²) in [7, 11) is 0. The fraction of sp³-hybridized carbons (Fsp3) is 0.500. The fourth-order valence-corrected chi connectivity index (χ4v) is 1.87. The maximum absolute atomic E-state index is 4.65. The predicted molar refractivity (Wildman–Crippen MR) is 82.4 cm³/mol. The molecule has 1 N–H and O–H groups in total. The van der Waals surface area contributed by atoms with Crippen molar-refractivity contribution in [2.45, 2.75) is 52.7 Å². The molecule has 20 heavy (non-hydrogen) atoms. The average molecular weight is 272 g/mol. The van der Waals surface area contributed by atoms with Gasteiger partial charge in [0.1, 0.15) is 11.4 Å². The van der Waals surface area contributed by atoms with E-state index in [9.17, 15) is 0 Å². The monoisotopic (exact) mass is 272 g/mol. The minimum atomic E-state index is 0.0650. The van der Waals surface area contributed by atoms with Crippen molar-refractivity contribution in [3.63, 3.8) is 0 Å². The molecule has 108 valence electrons. The summed E-state index contributed by atoms with van der Waals surface area (Å²) < 4.78 is 0. The van der Waals surface area contributed by atoms with Crippen LogP contribution in [-0.4, -0.2) is 20.5 Å². The average Bonchev–Trinajstić information content (AvgIpc) is 2.81. The molecular formula is C16H24N4. The molecule has 1 aromatic heterocycles.